The van der Waals surface area contributed by atoms with Gasteiger partial charge in [0.1, 0.15) is 0 Å². The highest BCUT2D eigenvalue weighted by Gasteiger charge is 2.04. The number of benzene rings is 4. The summed E-state index contributed by atoms with van der Waals surface area (Å²) in [5.41, 5.74) is 6.25. The Morgan fingerprint density at radius 2 is 0.500 bits per heavy atom. The van der Waals surface area contributed by atoms with Crippen LogP contribution in [0.5, 0.6) is 34.5 Å². The molecule has 0 unspecified atom stereocenters. The zero-order chi connectivity index (χ0) is 34.1. The zero-order valence-electron chi connectivity index (χ0n) is 28.3. The van der Waals surface area contributed by atoms with Crippen LogP contribution in [-0.4, -0.2) is 42.7 Å². The molecule has 48 heavy (non-hydrogen) atoms. The Morgan fingerprint density at radius 3 is 0.729 bits per heavy atom. The number of methoxy groups -OCH3 is 6. The minimum atomic E-state index is 0.694. The molecule has 0 heterocycles. The molecule has 0 radical (unpaired) electrons. The molecule has 0 atom stereocenters. The maximum Gasteiger partial charge on any atom is 0.161 e. The van der Waals surface area contributed by atoms with Crippen molar-refractivity contribution >= 4 is 36.5 Å². The van der Waals surface area contributed by atoms with E-state index in [2.05, 4.69) is 36.4 Å². The van der Waals surface area contributed by atoms with Crippen molar-refractivity contribution in [2.75, 3.05) is 42.7 Å². The van der Waals surface area contributed by atoms with Gasteiger partial charge in [0, 0.05) is 0 Å². The summed E-state index contributed by atoms with van der Waals surface area (Å²) in [6, 6.07) is 24.0. The van der Waals surface area contributed by atoms with Gasteiger partial charge in [0.25, 0.3) is 0 Å². The molecule has 6 heteroatoms. The molecule has 0 bridgehead atoms. The van der Waals surface area contributed by atoms with Crippen LogP contribution in [0.15, 0.2) is 109 Å². The number of hydrogen-bond acceptors (Lipinski definition) is 6. The lowest BCUT2D eigenvalue weighted by Crippen LogP contribution is -1.90. The van der Waals surface area contributed by atoms with Gasteiger partial charge < -0.3 is 28.4 Å². The summed E-state index contributed by atoms with van der Waals surface area (Å²) in [5.74, 6) is 4.19. The summed E-state index contributed by atoms with van der Waals surface area (Å²) in [5, 5.41) is 0. The first kappa shape index (κ1) is 35.0. The monoisotopic (exact) mass is 642 g/mol. The summed E-state index contributed by atoms with van der Waals surface area (Å²) in [7, 11) is 9.80. The molecule has 0 spiro atoms. The van der Waals surface area contributed by atoms with E-state index in [1.165, 1.54) is 0 Å². The third-order valence-electron chi connectivity index (χ3n) is 7.29. The Morgan fingerprint density at radius 1 is 0.271 bits per heavy atom. The van der Waals surface area contributed by atoms with Crippen LogP contribution < -0.4 is 28.4 Å². The minimum Gasteiger partial charge on any atom is -0.493 e. The van der Waals surface area contributed by atoms with Gasteiger partial charge in [-0.15, -0.1) is 0 Å². The van der Waals surface area contributed by atoms with E-state index in [1.807, 2.05) is 109 Å². The highest BCUT2D eigenvalue weighted by atomic mass is 16.5. The molecule has 0 saturated heterocycles. The van der Waals surface area contributed by atoms with Crippen molar-refractivity contribution in [3.05, 3.63) is 143 Å². The van der Waals surface area contributed by atoms with E-state index in [4.69, 9.17) is 28.4 Å². The first-order chi connectivity index (χ1) is 23.5. The number of hydrogen-bond donors (Lipinski definition) is 0. The van der Waals surface area contributed by atoms with Gasteiger partial charge in [0.05, 0.1) is 42.7 Å². The summed E-state index contributed by atoms with van der Waals surface area (Å²) in [4.78, 5) is 0. The lowest BCUT2D eigenvalue weighted by Gasteiger charge is -2.07. The van der Waals surface area contributed by atoms with Crippen LogP contribution in [0.2, 0.25) is 0 Å². The second kappa shape index (κ2) is 18.3. The van der Waals surface area contributed by atoms with E-state index >= 15 is 0 Å². The zero-order valence-corrected chi connectivity index (χ0v) is 28.3. The quantitative estimate of drug-likeness (QED) is 0.120. The molecule has 0 aromatic heterocycles. The Bertz CT molecular complexity index is 1620. The SMILES string of the molecule is COc1ccc(/C=C/C=C/c2cc(/C=C/C=C/c3ccc(OC)c(OC)c3)cc(/C=C/C=C/c3ccc(OC)c(OC)c3)c2)cc1OC. The highest BCUT2D eigenvalue weighted by molar-refractivity contribution is 5.69. The van der Waals surface area contributed by atoms with Gasteiger partial charge in [0.15, 0.2) is 34.5 Å². The predicted molar refractivity (Wildman–Crippen MR) is 199 cm³/mol. The minimum absolute atomic E-state index is 0.694. The summed E-state index contributed by atoms with van der Waals surface area (Å²) >= 11 is 0. The number of ether oxygens (including phenoxy) is 6. The van der Waals surface area contributed by atoms with E-state index in [1.54, 1.807) is 42.7 Å². The third kappa shape index (κ3) is 10.1. The molecule has 246 valence electrons. The van der Waals surface area contributed by atoms with Gasteiger partial charge >= 0.3 is 0 Å². The summed E-state index contributed by atoms with van der Waals surface area (Å²) in [6.45, 7) is 0. The maximum atomic E-state index is 5.43. The molecule has 4 rings (SSSR count). The molecule has 6 nitrogen and oxygen atoms in total. The molecule has 0 aliphatic rings. The molecular weight excluding hydrogens is 600 g/mol. The molecular formula is C42H42O6. The van der Waals surface area contributed by atoms with Crippen LogP contribution in [0, 0.1) is 0 Å². The highest BCUT2D eigenvalue weighted by Crippen LogP contribution is 2.30. The fourth-order valence-corrected chi connectivity index (χ4v) is 4.86. The molecule has 0 amide bonds. The first-order valence-electron chi connectivity index (χ1n) is 15.4. The third-order valence-corrected chi connectivity index (χ3v) is 7.29. The molecule has 0 aliphatic carbocycles. The van der Waals surface area contributed by atoms with Gasteiger partial charge in [0.2, 0.25) is 0 Å². The topological polar surface area (TPSA) is 55.4 Å². The molecule has 4 aromatic carbocycles. The maximum absolute atomic E-state index is 5.43. The van der Waals surface area contributed by atoms with Crippen LogP contribution >= 0.6 is 0 Å². The van der Waals surface area contributed by atoms with Crippen molar-refractivity contribution in [1.29, 1.82) is 0 Å². The summed E-state index contributed by atoms with van der Waals surface area (Å²) < 4.78 is 32.3. The lowest BCUT2D eigenvalue weighted by molar-refractivity contribution is 0.355. The molecule has 0 fully saturated rings. The van der Waals surface area contributed by atoms with Crippen LogP contribution in [0.25, 0.3) is 36.5 Å². The Labute approximate surface area is 284 Å². The Kier molecular flexibility index (Phi) is 13.3. The van der Waals surface area contributed by atoms with Gasteiger partial charge in [-0.2, -0.15) is 0 Å². The Balaban J connectivity index is 1.55. The standard InChI is InChI=1S/C42H42O6/c1-43-37-22-19-31(28-40(37)46-4)13-7-10-16-34-25-35(17-11-8-14-32-20-23-38(44-2)41(29-32)47-5)27-36(26-34)18-12-9-15-33-21-24-39(45-3)42(30-33)48-6/h7-30H,1-6H3/b13-7+,14-8+,15-9+,16-10+,17-11+,18-12+. The Hall–Kier alpha value is -5.88. The average Bonchev–Trinajstić information content (AvgIpc) is 3.13. The average molecular weight is 643 g/mol. The molecule has 0 N–H and O–H groups in total. The van der Waals surface area contributed by atoms with E-state index in [9.17, 15) is 0 Å². The molecule has 0 aliphatic heterocycles. The fourth-order valence-electron chi connectivity index (χ4n) is 4.86. The second-order valence-electron chi connectivity index (χ2n) is 10.4. The summed E-state index contributed by atoms with van der Waals surface area (Å²) in [6.07, 6.45) is 24.5. The van der Waals surface area contributed by atoms with E-state index < -0.39 is 0 Å². The van der Waals surface area contributed by atoms with Crippen molar-refractivity contribution in [3.8, 4) is 34.5 Å². The number of rotatable bonds is 15. The first-order valence-corrected chi connectivity index (χ1v) is 15.4. The smallest absolute Gasteiger partial charge is 0.161 e. The van der Waals surface area contributed by atoms with E-state index in [0.717, 1.165) is 33.4 Å². The van der Waals surface area contributed by atoms with Crippen molar-refractivity contribution in [1.82, 2.24) is 0 Å². The molecule has 0 saturated carbocycles. The van der Waals surface area contributed by atoms with Crippen LogP contribution in [0.1, 0.15) is 33.4 Å². The van der Waals surface area contributed by atoms with Crippen LogP contribution in [-0.2, 0) is 0 Å². The van der Waals surface area contributed by atoms with Gasteiger partial charge in [-0.05, 0) is 88.0 Å². The van der Waals surface area contributed by atoms with Gasteiger partial charge in [-0.3, -0.25) is 0 Å². The predicted octanol–water partition coefficient (Wildman–Crippen LogP) is 9.92. The van der Waals surface area contributed by atoms with Crippen LogP contribution in [0.4, 0.5) is 0 Å². The van der Waals surface area contributed by atoms with Gasteiger partial charge in [-0.1, -0.05) is 91.1 Å². The van der Waals surface area contributed by atoms with Crippen molar-refractivity contribution < 1.29 is 28.4 Å². The van der Waals surface area contributed by atoms with Crippen molar-refractivity contribution in [2.45, 2.75) is 0 Å². The fraction of sp³-hybridized carbons (Fsp3) is 0.143. The number of allylic oxidation sites excluding steroid dienone is 6. The second-order valence-corrected chi connectivity index (χ2v) is 10.4. The van der Waals surface area contributed by atoms with Crippen LogP contribution in [0.3, 0.4) is 0 Å². The van der Waals surface area contributed by atoms with E-state index in [-0.39, 0.29) is 0 Å². The van der Waals surface area contributed by atoms with E-state index in [0.29, 0.717) is 34.5 Å². The van der Waals surface area contributed by atoms with Crippen molar-refractivity contribution in [3.63, 3.8) is 0 Å². The van der Waals surface area contributed by atoms with Gasteiger partial charge in [-0.25, -0.2) is 0 Å². The molecule has 4 aromatic rings. The normalized spacial score (nSPS) is 11.9. The lowest BCUT2D eigenvalue weighted by atomic mass is 10.0. The largest absolute Gasteiger partial charge is 0.493 e. The van der Waals surface area contributed by atoms with Crippen molar-refractivity contribution in [2.24, 2.45) is 0 Å².